The van der Waals surface area contributed by atoms with E-state index in [0.717, 1.165) is 19.3 Å². The third kappa shape index (κ3) is 2.10. The molecule has 0 aliphatic heterocycles. The number of carbonyl (C=O) groups excluding carboxylic acids is 1. The normalized spacial score (nSPS) is 44.0. The molecule has 0 saturated heterocycles. The van der Waals surface area contributed by atoms with E-state index in [4.69, 9.17) is 11.6 Å². The van der Waals surface area contributed by atoms with Crippen LogP contribution in [-0.2, 0) is 4.79 Å². The van der Waals surface area contributed by atoms with E-state index in [0.29, 0.717) is 6.42 Å². The molecule has 1 nitrogen and oxygen atoms in total. The Morgan fingerprint density at radius 1 is 1.33 bits per heavy atom. The minimum absolute atomic E-state index is 0.0134. The van der Waals surface area contributed by atoms with E-state index in [9.17, 15) is 4.79 Å². The van der Waals surface area contributed by atoms with E-state index in [2.05, 4.69) is 43.6 Å². The molecule has 2 aliphatic carbocycles. The number of hydrogen-bond acceptors (Lipinski definition) is 1. The van der Waals surface area contributed by atoms with Gasteiger partial charge in [-0.15, -0.1) is 11.6 Å². The Morgan fingerprint density at radius 3 is 2.44 bits per heavy atom. The Balaban J connectivity index is 2.42. The van der Waals surface area contributed by atoms with Crippen LogP contribution in [0.5, 0.6) is 0 Å². The summed E-state index contributed by atoms with van der Waals surface area (Å²) < 4.78 is 0.0254. The third-order valence-corrected chi connectivity index (χ3v) is 7.11. The fourth-order valence-electron chi connectivity index (χ4n) is 3.78. The smallest absolute Gasteiger partial charge is 0.156 e. The first-order valence-electron chi connectivity index (χ1n) is 6.65. The van der Waals surface area contributed by atoms with E-state index in [-0.39, 0.29) is 26.3 Å². The maximum absolute atomic E-state index is 11.8. The van der Waals surface area contributed by atoms with Crippen LogP contribution in [-0.4, -0.2) is 15.5 Å². The SMILES string of the molecule is CC1=CC(=O)CC(C)(C)[C@@]12CC[C@](C)(Br)[C@@H](Cl)C2. The Hall–Kier alpha value is 0.180. The van der Waals surface area contributed by atoms with Crippen LogP contribution in [0.25, 0.3) is 0 Å². The van der Waals surface area contributed by atoms with Crippen LogP contribution in [0, 0.1) is 10.8 Å². The highest BCUT2D eigenvalue weighted by Crippen LogP contribution is 2.61. The molecule has 18 heavy (non-hydrogen) atoms. The van der Waals surface area contributed by atoms with Crippen molar-refractivity contribution in [2.75, 3.05) is 0 Å². The summed E-state index contributed by atoms with van der Waals surface area (Å²) in [5, 5.41) is 0.113. The molecule has 2 rings (SSSR count). The van der Waals surface area contributed by atoms with Crippen molar-refractivity contribution in [1.29, 1.82) is 0 Å². The second-order valence-corrected chi connectivity index (χ2v) is 9.22. The van der Waals surface area contributed by atoms with E-state index >= 15 is 0 Å². The lowest BCUT2D eigenvalue weighted by Crippen LogP contribution is -2.51. The Labute approximate surface area is 123 Å². The van der Waals surface area contributed by atoms with Crippen molar-refractivity contribution < 1.29 is 4.79 Å². The summed E-state index contributed by atoms with van der Waals surface area (Å²) in [6, 6.07) is 0. The largest absolute Gasteiger partial charge is 0.295 e. The molecule has 3 atom stereocenters. The summed E-state index contributed by atoms with van der Waals surface area (Å²) in [6.45, 7) is 8.74. The van der Waals surface area contributed by atoms with Crippen molar-refractivity contribution in [2.24, 2.45) is 10.8 Å². The zero-order valence-corrected chi connectivity index (χ0v) is 14.0. The molecule has 1 saturated carbocycles. The van der Waals surface area contributed by atoms with Crippen molar-refractivity contribution in [3.63, 3.8) is 0 Å². The minimum atomic E-state index is 0.0134. The van der Waals surface area contributed by atoms with Crippen molar-refractivity contribution >= 4 is 33.3 Å². The van der Waals surface area contributed by atoms with Gasteiger partial charge in [0.1, 0.15) is 0 Å². The van der Waals surface area contributed by atoms with E-state index in [1.807, 2.05) is 6.08 Å². The molecule has 1 spiro atoms. The first-order chi connectivity index (χ1) is 8.11. The average molecular weight is 334 g/mol. The molecular weight excluding hydrogens is 312 g/mol. The van der Waals surface area contributed by atoms with Gasteiger partial charge in [0.25, 0.3) is 0 Å². The zero-order valence-electron chi connectivity index (χ0n) is 11.6. The van der Waals surface area contributed by atoms with Gasteiger partial charge in [0.2, 0.25) is 0 Å². The van der Waals surface area contributed by atoms with Crippen LogP contribution in [0.1, 0.15) is 53.4 Å². The first kappa shape index (κ1) is 14.6. The summed E-state index contributed by atoms with van der Waals surface area (Å²) in [5.41, 5.74) is 1.34. The van der Waals surface area contributed by atoms with Crippen molar-refractivity contribution in [3.05, 3.63) is 11.6 Å². The fourth-order valence-corrected chi connectivity index (χ4v) is 4.51. The number of allylic oxidation sites excluding steroid dienone is 2. The maximum atomic E-state index is 11.8. The zero-order chi connectivity index (χ0) is 13.8. The maximum Gasteiger partial charge on any atom is 0.156 e. The van der Waals surface area contributed by atoms with Gasteiger partial charge in [-0.1, -0.05) is 35.4 Å². The van der Waals surface area contributed by atoms with Crippen molar-refractivity contribution in [2.45, 2.75) is 63.1 Å². The molecule has 0 amide bonds. The minimum Gasteiger partial charge on any atom is -0.295 e. The summed E-state index contributed by atoms with van der Waals surface area (Å²) in [6.07, 6.45) is 5.63. The van der Waals surface area contributed by atoms with E-state index < -0.39 is 0 Å². The van der Waals surface area contributed by atoms with E-state index in [1.165, 1.54) is 5.57 Å². The number of hydrogen-bond donors (Lipinski definition) is 0. The predicted octanol–water partition coefficient (Wildman–Crippen LogP) is 4.86. The van der Waals surface area contributed by atoms with Gasteiger partial charge >= 0.3 is 0 Å². The molecule has 3 heteroatoms. The van der Waals surface area contributed by atoms with Gasteiger partial charge in [-0.3, -0.25) is 4.79 Å². The molecule has 0 aromatic carbocycles. The summed E-state index contributed by atoms with van der Waals surface area (Å²) in [5.74, 6) is 0.265. The molecular formula is C15H22BrClO. The van der Waals surface area contributed by atoms with Gasteiger partial charge in [0, 0.05) is 16.1 Å². The van der Waals surface area contributed by atoms with Crippen LogP contribution >= 0.6 is 27.5 Å². The number of alkyl halides is 2. The lowest BCUT2D eigenvalue weighted by atomic mass is 9.51. The number of halogens is 2. The van der Waals surface area contributed by atoms with Crippen LogP contribution in [0.2, 0.25) is 0 Å². The summed E-state index contributed by atoms with van der Waals surface area (Å²) in [7, 11) is 0. The molecule has 0 heterocycles. The molecule has 0 aromatic heterocycles. The fraction of sp³-hybridized carbons (Fsp3) is 0.800. The van der Waals surface area contributed by atoms with Gasteiger partial charge in [-0.2, -0.15) is 0 Å². The highest BCUT2D eigenvalue weighted by molar-refractivity contribution is 9.10. The topological polar surface area (TPSA) is 17.1 Å². The monoisotopic (exact) mass is 332 g/mol. The molecule has 102 valence electrons. The number of rotatable bonds is 0. The first-order valence-corrected chi connectivity index (χ1v) is 7.88. The quantitative estimate of drug-likeness (QED) is 0.578. The molecule has 2 aliphatic rings. The lowest BCUT2D eigenvalue weighted by molar-refractivity contribution is -0.120. The van der Waals surface area contributed by atoms with Gasteiger partial charge in [-0.05, 0) is 50.0 Å². The molecule has 1 fully saturated rings. The van der Waals surface area contributed by atoms with Crippen LogP contribution in [0.4, 0.5) is 0 Å². The predicted molar refractivity (Wildman–Crippen MR) is 80.4 cm³/mol. The number of carbonyl (C=O) groups is 1. The van der Waals surface area contributed by atoms with Crippen molar-refractivity contribution in [3.8, 4) is 0 Å². The van der Waals surface area contributed by atoms with Gasteiger partial charge < -0.3 is 0 Å². The summed E-state index contributed by atoms with van der Waals surface area (Å²) in [4.78, 5) is 11.8. The highest BCUT2D eigenvalue weighted by atomic mass is 79.9. The third-order valence-electron chi connectivity index (χ3n) is 5.27. The molecule has 0 bridgehead atoms. The van der Waals surface area contributed by atoms with E-state index in [1.54, 1.807) is 0 Å². The Morgan fingerprint density at radius 2 is 1.94 bits per heavy atom. The Kier molecular flexibility index (Phi) is 3.52. The lowest BCUT2D eigenvalue weighted by Gasteiger charge is -2.56. The second-order valence-electron chi connectivity index (χ2n) is 6.89. The molecule has 0 aromatic rings. The number of ketones is 1. The molecule has 0 N–H and O–H groups in total. The molecule has 0 radical (unpaired) electrons. The van der Waals surface area contributed by atoms with Crippen LogP contribution < -0.4 is 0 Å². The van der Waals surface area contributed by atoms with Gasteiger partial charge in [-0.25, -0.2) is 0 Å². The standard InChI is InChI=1S/C15H22BrClO/c1-10-7-11(18)8-13(2,3)15(10)6-5-14(4,16)12(17)9-15/h7,12H,5-6,8-9H2,1-4H3/t12-,14-,15+/m0/s1. The highest BCUT2D eigenvalue weighted by Gasteiger charge is 2.55. The molecule has 0 unspecified atom stereocenters. The van der Waals surface area contributed by atoms with Gasteiger partial charge in [0.05, 0.1) is 0 Å². The second kappa shape index (κ2) is 4.34. The average Bonchev–Trinajstić information content (AvgIpc) is 2.19. The summed E-state index contributed by atoms with van der Waals surface area (Å²) >= 11 is 10.4. The van der Waals surface area contributed by atoms with Crippen molar-refractivity contribution in [1.82, 2.24) is 0 Å². The van der Waals surface area contributed by atoms with Crippen LogP contribution in [0.15, 0.2) is 11.6 Å². The van der Waals surface area contributed by atoms with Gasteiger partial charge in [0.15, 0.2) is 5.78 Å². The Bertz CT molecular complexity index is 411. The van der Waals surface area contributed by atoms with Crippen LogP contribution in [0.3, 0.4) is 0 Å².